The van der Waals surface area contributed by atoms with E-state index in [9.17, 15) is 0 Å². The lowest BCUT2D eigenvalue weighted by molar-refractivity contribution is 0.0668. The van der Waals surface area contributed by atoms with Gasteiger partial charge >= 0.3 is 0 Å². The molecule has 1 aromatic carbocycles. The summed E-state index contributed by atoms with van der Waals surface area (Å²) in [5.74, 6) is 0. The topological polar surface area (TPSA) is 12.5 Å². The normalized spacial score (nSPS) is 22.2. The Bertz CT molecular complexity index is 396. The zero-order chi connectivity index (χ0) is 13.9. The Kier molecular flexibility index (Phi) is 4.82. The summed E-state index contributed by atoms with van der Waals surface area (Å²) < 4.78 is 5.70. The second-order valence-electron chi connectivity index (χ2n) is 6.72. The first-order valence-electron chi connectivity index (χ1n) is 7.38. The Morgan fingerprint density at radius 2 is 1.89 bits per heavy atom. The van der Waals surface area contributed by atoms with Crippen LogP contribution in [0.1, 0.15) is 18.9 Å². The highest BCUT2D eigenvalue weighted by atomic mass is 28.3. The van der Waals surface area contributed by atoms with Crippen molar-refractivity contribution in [1.82, 2.24) is 4.90 Å². The quantitative estimate of drug-likeness (QED) is 0.788. The highest BCUT2D eigenvalue weighted by Crippen LogP contribution is 2.11. The Labute approximate surface area is 118 Å². The predicted molar refractivity (Wildman–Crippen MR) is 84.7 cm³/mol. The van der Waals surface area contributed by atoms with Crippen molar-refractivity contribution in [1.29, 1.82) is 0 Å². The highest BCUT2D eigenvalue weighted by Gasteiger charge is 2.17. The van der Waals surface area contributed by atoms with Gasteiger partial charge in [-0.3, -0.25) is 4.90 Å². The largest absolute Gasteiger partial charge is 0.377 e. The Balaban J connectivity index is 1.99. The van der Waals surface area contributed by atoms with Crippen LogP contribution in [0.3, 0.4) is 0 Å². The number of hydrogen-bond donors (Lipinski definition) is 0. The lowest BCUT2D eigenvalue weighted by Crippen LogP contribution is -2.37. The van der Waals surface area contributed by atoms with Crippen LogP contribution in [-0.2, 0) is 11.3 Å². The van der Waals surface area contributed by atoms with Crippen molar-refractivity contribution in [2.45, 2.75) is 45.6 Å². The molecule has 0 aromatic heterocycles. The zero-order valence-corrected chi connectivity index (χ0v) is 13.8. The van der Waals surface area contributed by atoms with Crippen LogP contribution in [0.5, 0.6) is 0 Å². The third kappa shape index (κ3) is 4.44. The molecule has 1 unspecified atom stereocenters. The number of hydrogen-bond acceptors (Lipinski definition) is 2. The Morgan fingerprint density at radius 3 is 2.53 bits per heavy atom. The fourth-order valence-electron chi connectivity index (χ4n) is 2.59. The molecule has 2 rings (SSSR count). The first kappa shape index (κ1) is 14.8. The molecule has 3 heteroatoms. The summed E-state index contributed by atoms with van der Waals surface area (Å²) in [6.45, 7) is 13.5. The summed E-state index contributed by atoms with van der Waals surface area (Å²) in [5.41, 5.74) is 1.43. The van der Waals surface area contributed by atoms with Crippen molar-refractivity contribution in [3.8, 4) is 0 Å². The van der Waals surface area contributed by atoms with Gasteiger partial charge in [-0.1, -0.05) is 49.1 Å². The maximum absolute atomic E-state index is 5.70. The molecule has 1 fully saturated rings. The average molecular weight is 277 g/mol. The molecule has 1 aliphatic rings. The van der Waals surface area contributed by atoms with E-state index in [2.05, 4.69) is 55.7 Å². The summed E-state index contributed by atoms with van der Waals surface area (Å²) in [4.78, 5) is 2.52. The first-order chi connectivity index (χ1) is 8.95. The van der Waals surface area contributed by atoms with Crippen molar-refractivity contribution in [2.24, 2.45) is 0 Å². The number of ether oxygens (including phenoxy) is 1. The molecule has 2 nitrogen and oxygen atoms in total. The van der Waals surface area contributed by atoms with Crippen LogP contribution in [0.25, 0.3) is 0 Å². The van der Waals surface area contributed by atoms with Crippen LogP contribution in [-0.4, -0.2) is 38.8 Å². The molecule has 0 aliphatic carbocycles. The summed E-state index contributed by atoms with van der Waals surface area (Å²) in [6, 6.07) is 9.28. The number of benzene rings is 1. The molecule has 19 heavy (non-hydrogen) atoms. The second kappa shape index (κ2) is 6.20. The summed E-state index contributed by atoms with van der Waals surface area (Å²) >= 11 is 0. The Hall–Kier alpha value is -0.643. The van der Waals surface area contributed by atoms with Gasteiger partial charge in [0.15, 0.2) is 0 Å². The van der Waals surface area contributed by atoms with E-state index < -0.39 is 8.07 Å². The number of rotatable bonds is 3. The molecule has 1 aliphatic heterocycles. The number of nitrogens with zero attached hydrogens (tertiary/aromatic N) is 1. The SMILES string of the molecule is CC1CN(Cc2ccc([Si](C)(C)C)cc2)CCCO1. The van der Waals surface area contributed by atoms with Gasteiger partial charge in [0.25, 0.3) is 0 Å². The fourth-order valence-corrected chi connectivity index (χ4v) is 3.76. The van der Waals surface area contributed by atoms with Gasteiger partial charge in [0.2, 0.25) is 0 Å². The molecule has 0 spiro atoms. The second-order valence-corrected chi connectivity index (χ2v) is 11.8. The van der Waals surface area contributed by atoms with E-state index >= 15 is 0 Å². The molecule has 1 heterocycles. The van der Waals surface area contributed by atoms with Crippen LogP contribution in [0.15, 0.2) is 24.3 Å². The van der Waals surface area contributed by atoms with E-state index in [1.54, 1.807) is 5.19 Å². The monoisotopic (exact) mass is 277 g/mol. The van der Waals surface area contributed by atoms with E-state index in [0.717, 1.165) is 32.7 Å². The standard InChI is InChI=1S/C16H27NOSi/c1-14-12-17(10-5-11-18-14)13-15-6-8-16(9-7-15)19(2,3)4/h6-9,14H,5,10-13H2,1-4H3. The summed E-state index contributed by atoms with van der Waals surface area (Å²) in [5, 5.41) is 1.55. The minimum atomic E-state index is -1.16. The van der Waals surface area contributed by atoms with Gasteiger partial charge in [-0.15, -0.1) is 0 Å². The van der Waals surface area contributed by atoms with Crippen molar-refractivity contribution in [2.75, 3.05) is 19.7 Å². The molecular formula is C16H27NOSi. The van der Waals surface area contributed by atoms with Crippen LogP contribution < -0.4 is 5.19 Å². The summed E-state index contributed by atoms with van der Waals surface area (Å²) in [7, 11) is -1.16. The lowest BCUT2D eigenvalue weighted by atomic mass is 10.2. The third-order valence-electron chi connectivity index (χ3n) is 3.76. The van der Waals surface area contributed by atoms with Gasteiger partial charge in [0.05, 0.1) is 14.2 Å². The van der Waals surface area contributed by atoms with Crippen LogP contribution in [0.2, 0.25) is 19.6 Å². The smallest absolute Gasteiger partial charge is 0.0775 e. The lowest BCUT2D eigenvalue weighted by Gasteiger charge is -2.22. The molecule has 0 radical (unpaired) electrons. The van der Waals surface area contributed by atoms with Gasteiger partial charge in [-0.2, -0.15) is 0 Å². The molecule has 1 aromatic rings. The molecule has 0 saturated carbocycles. The Morgan fingerprint density at radius 1 is 1.21 bits per heavy atom. The third-order valence-corrected chi connectivity index (χ3v) is 5.83. The maximum atomic E-state index is 5.70. The van der Waals surface area contributed by atoms with E-state index in [0.29, 0.717) is 6.10 Å². The van der Waals surface area contributed by atoms with Crippen LogP contribution in [0.4, 0.5) is 0 Å². The molecule has 0 N–H and O–H groups in total. The average Bonchev–Trinajstić information content (AvgIpc) is 2.53. The van der Waals surface area contributed by atoms with E-state index in [1.807, 2.05) is 0 Å². The minimum absolute atomic E-state index is 0.365. The van der Waals surface area contributed by atoms with E-state index in [-0.39, 0.29) is 0 Å². The molecule has 106 valence electrons. The highest BCUT2D eigenvalue weighted by molar-refractivity contribution is 6.88. The fraction of sp³-hybridized carbons (Fsp3) is 0.625. The first-order valence-corrected chi connectivity index (χ1v) is 10.9. The van der Waals surface area contributed by atoms with Crippen LogP contribution >= 0.6 is 0 Å². The molecule has 0 amide bonds. The van der Waals surface area contributed by atoms with Crippen molar-refractivity contribution < 1.29 is 4.74 Å². The van der Waals surface area contributed by atoms with E-state index in [1.165, 1.54) is 5.56 Å². The van der Waals surface area contributed by atoms with Gasteiger partial charge in [0, 0.05) is 26.2 Å². The molecular weight excluding hydrogens is 250 g/mol. The van der Waals surface area contributed by atoms with Gasteiger partial charge in [-0.25, -0.2) is 0 Å². The van der Waals surface area contributed by atoms with Gasteiger partial charge < -0.3 is 4.74 Å². The molecule has 1 atom stereocenters. The van der Waals surface area contributed by atoms with Crippen molar-refractivity contribution in [3.05, 3.63) is 29.8 Å². The maximum Gasteiger partial charge on any atom is 0.0775 e. The summed E-state index contributed by atoms with van der Waals surface area (Å²) in [6.07, 6.45) is 1.51. The molecule has 1 saturated heterocycles. The van der Waals surface area contributed by atoms with Crippen LogP contribution in [0, 0.1) is 0 Å². The van der Waals surface area contributed by atoms with Crippen molar-refractivity contribution >= 4 is 13.3 Å². The van der Waals surface area contributed by atoms with E-state index in [4.69, 9.17) is 4.74 Å². The zero-order valence-electron chi connectivity index (χ0n) is 12.8. The van der Waals surface area contributed by atoms with Crippen molar-refractivity contribution in [3.63, 3.8) is 0 Å². The predicted octanol–water partition coefficient (Wildman–Crippen LogP) is 2.84. The molecule has 0 bridgehead atoms. The van der Waals surface area contributed by atoms with Gasteiger partial charge in [-0.05, 0) is 18.9 Å². The van der Waals surface area contributed by atoms with Gasteiger partial charge in [0.1, 0.15) is 0 Å². The minimum Gasteiger partial charge on any atom is -0.377 e.